The van der Waals surface area contributed by atoms with Crippen molar-refractivity contribution in [1.29, 1.82) is 0 Å². The predicted molar refractivity (Wildman–Crippen MR) is 71.0 cm³/mol. The Morgan fingerprint density at radius 2 is 1.84 bits per heavy atom. The van der Waals surface area contributed by atoms with Gasteiger partial charge in [-0.05, 0) is 30.4 Å². The molecule has 0 saturated heterocycles. The highest BCUT2D eigenvalue weighted by Crippen LogP contribution is 2.35. The summed E-state index contributed by atoms with van der Waals surface area (Å²) in [6.45, 7) is 0. The van der Waals surface area contributed by atoms with Crippen LogP contribution in [0.2, 0.25) is 0 Å². The molecule has 1 aromatic rings. The minimum absolute atomic E-state index is 0.174. The molecule has 0 spiro atoms. The molecule has 5 N–H and O–H groups in total. The van der Waals surface area contributed by atoms with Crippen molar-refractivity contribution in [3.05, 3.63) is 35.4 Å². The molecule has 0 aliphatic heterocycles. The van der Waals surface area contributed by atoms with Gasteiger partial charge >= 0.3 is 13.6 Å². The number of aliphatic carboxylic acids is 1. The second-order valence-corrected chi connectivity index (χ2v) is 6.19. The zero-order valence-electron chi connectivity index (χ0n) is 10.4. The van der Waals surface area contributed by atoms with Crippen LogP contribution in [0, 0.1) is 0 Å². The molecule has 0 heterocycles. The number of hydrogen-bond acceptors (Lipinski definition) is 3. The molecule has 1 rings (SSSR count). The second kappa shape index (κ2) is 6.82. The van der Waals surface area contributed by atoms with Gasteiger partial charge in [0.25, 0.3) is 0 Å². The Labute approximate surface area is 111 Å². The van der Waals surface area contributed by atoms with Crippen LogP contribution >= 0.6 is 7.60 Å². The first-order chi connectivity index (χ1) is 8.79. The van der Waals surface area contributed by atoms with Gasteiger partial charge in [0.15, 0.2) is 0 Å². The molecule has 0 saturated carbocycles. The van der Waals surface area contributed by atoms with Crippen LogP contribution in [0.1, 0.15) is 17.5 Å². The van der Waals surface area contributed by atoms with Crippen LogP contribution in [0.15, 0.2) is 24.3 Å². The minimum atomic E-state index is -3.98. The second-order valence-electron chi connectivity index (χ2n) is 4.41. The molecule has 6 nitrogen and oxygen atoms in total. The van der Waals surface area contributed by atoms with Gasteiger partial charge < -0.3 is 20.6 Å². The molecule has 0 aliphatic carbocycles. The summed E-state index contributed by atoms with van der Waals surface area (Å²) >= 11 is 0. The molecule has 1 aromatic carbocycles. The van der Waals surface area contributed by atoms with Gasteiger partial charge in [0.2, 0.25) is 0 Å². The lowest BCUT2D eigenvalue weighted by molar-refractivity contribution is -0.138. The Balaban J connectivity index is 2.68. The van der Waals surface area contributed by atoms with Crippen LogP contribution in [-0.2, 0) is 22.2 Å². The van der Waals surface area contributed by atoms with E-state index in [1.165, 1.54) is 0 Å². The zero-order valence-corrected chi connectivity index (χ0v) is 11.3. The lowest BCUT2D eigenvalue weighted by atomic mass is 9.98. The molecule has 7 heteroatoms. The van der Waals surface area contributed by atoms with Gasteiger partial charge in [0.1, 0.15) is 6.04 Å². The number of benzene rings is 1. The quantitative estimate of drug-likeness (QED) is 0.549. The fraction of sp³-hybridized carbons (Fsp3) is 0.417. The average molecular weight is 287 g/mol. The van der Waals surface area contributed by atoms with Gasteiger partial charge in [-0.2, -0.15) is 0 Å². The van der Waals surface area contributed by atoms with Crippen LogP contribution in [0.5, 0.6) is 0 Å². The molecule has 0 amide bonds. The van der Waals surface area contributed by atoms with Crippen molar-refractivity contribution in [2.24, 2.45) is 5.73 Å². The standard InChI is InChI=1S/C12H18NO5P/c13-11(12(14)15)8-10-5-2-1-4-9(10)6-3-7-19(16,17)18/h1-2,4-5,11H,3,6-8,13H2,(H,14,15)(H2,16,17,18). The zero-order chi connectivity index (χ0) is 14.5. The fourth-order valence-corrected chi connectivity index (χ4v) is 2.37. The van der Waals surface area contributed by atoms with Gasteiger partial charge in [-0.1, -0.05) is 24.3 Å². The van der Waals surface area contributed by atoms with Crippen LogP contribution in [0.25, 0.3) is 0 Å². The number of rotatable bonds is 7. The maximum atomic E-state index is 10.8. The summed E-state index contributed by atoms with van der Waals surface area (Å²) in [7, 11) is -3.98. The summed E-state index contributed by atoms with van der Waals surface area (Å²) < 4.78 is 10.8. The summed E-state index contributed by atoms with van der Waals surface area (Å²) in [5.41, 5.74) is 7.18. The van der Waals surface area contributed by atoms with E-state index in [1.54, 1.807) is 12.1 Å². The topological polar surface area (TPSA) is 121 Å². The molecule has 0 fully saturated rings. The van der Waals surface area contributed by atoms with Crippen molar-refractivity contribution in [2.75, 3.05) is 6.16 Å². The normalized spacial score (nSPS) is 13.2. The van der Waals surface area contributed by atoms with Crippen molar-refractivity contribution in [3.63, 3.8) is 0 Å². The maximum Gasteiger partial charge on any atom is 0.325 e. The monoisotopic (exact) mass is 287 g/mol. The summed E-state index contributed by atoms with van der Waals surface area (Å²) in [5.74, 6) is -1.06. The predicted octanol–water partition coefficient (Wildman–Crippen LogP) is 0.751. The molecule has 0 aromatic heterocycles. The van der Waals surface area contributed by atoms with E-state index in [0.29, 0.717) is 12.8 Å². The Kier molecular flexibility index (Phi) is 5.69. The summed E-state index contributed by atoms with van der Waals surface area (Å²) in [5, 5.41) is 8.79. The Hall–Kier alpha value is -1.20. The van der Waals surface area contributed by atoms with E-state index in [9.17, 15) is 9.36 Å². The lowest BCUT2D eigenvalue weighted by Gasteiger charge is -2.12. The summed E-state index contributed by atoms with van der Waals surface area (Å²) in [6.07, 6.45) is 0.880. The molecule has 0 bridgehead atoms. The SMILES string of the molecule is NC(Cc1ccccc1CCCP(=O)(O)O)C(=O)O. The average Bonchev–Trinajstić information content (AvgIpc) is 2.29. The van der Waals surface area contributed by atoms with E-state index in [2.05, 4.69) is 0 Å². The van der Waals surface area contributed by atoms with Gasteiger partial charge in [-0.3, -0.25) is 9.36 Å². The molecule has 0 radical (unpaired) electrons. The van der Waals surface area contributed by atoms with Crippen molar-refractivity contribution < 1.29 is 24.3 Å². The van der Waals surface area contributed by atoms with Crippen molar-refractivity contribution in [2.45, 2.75) is 25.3 Å². The van der Waals surface area contributed by atoms with Gasteiger partial charge in [0, 0.05) is 0 Å². The summed E-state index contributed by atoms with van der Waals surface area (Å²) in [4.78, 5) is 28.3. The third kappa shape index (κ3) is 5.98. The first kappa shape index (κ1) is 15.9. The molecule has 0 aliphatic rings. The van der Waals surface area contributed by atoms with Crippen molar-refractivity contribution in [1.82, 2.24) is 0 Å². The smallest absolute Gasteiger partial charge is 0.325 e. The van der Waals surface area contributed by atoms with Crippen LogP contribution in [0.4, 0.5) is 0 Å². The molecular weight excluding hydrogens is 269 g/mol. The number of hydrogen-bond donors (Lipinski definition) is 4. The maximum absolute atomic E-state index is 10.8. The van der Waals surface area contributed by atoms with E-state index >= 15 is 0 Å². The van der Waals surface area contributed by atoms with Gasteiger partial charge in [0.05, 0.1) is 6.16 Å². The number of carboxylic acids is 1. The summed E-state index contributed by atoms with van der Waals surface area (Å²) in [6, 6.07) is 6.24. The molecule has 1 atom stereocenters. The minimum Gasteiger partial charge on any atom is -0.480 e. The number of carboxylic acid groups (broad SMARTS) is 1. The van der Waals surface area contributed by atoms with Crippen molar-refractivity contribution in [3.8, 4) is 0 Å². The highest BCUT2D eigenvalue weighted by atomic mass is 31.2. The van der Waals surface area contributed by atoms with Crippen LogP contribution in [-0.4, -0.2) is 33.1 Å². The largest absolute Gasteiger partial charge is 0.480 e. The number of nitrogens with two attached hydrogens (primary N) is 1. The molecule has 1 unspecified atom stereocenters. The highest BCUT2D eigenvalue weighted by molar-refractivity contribution is 7.51. The van der Waals surface area contributed by atoms with Gasteiger partial charge in [-0.15, -0.1) is 0 Å². The van der Waals surface area contributed by atoms with E-state index in [-0.39, 0.29) is 12.6 Å². The Morgan fingerprint density at radius 3 is 2.37 bits per heavy atom. The number of carbonyl (C=O) groups is 1. The van der Waals surface area contributed by atoms with Crippen LogP contribution in [0.3, 0.4) is 0 Å². The lowest BCUT2D eigenvalue weighted by Crippen LogP contribution is -2.32. The third-order valence-corrected chi connectivity index (χ3v) is 3.67. The molecule has 106 valence electrons. The van der Waals surface area contributed by atoms with E-state index in [1.807, 2.05) is 12.1 Å². The number of aryl methyl sites for hydroxylation is 1. The first-order valence-corrected chi connectivity index (χ1v) is 7.69. The third-order valence-electron chi connectivity index (χ3n) is 2.77. The highest BCUT2D eigenvalue weighted by Gasteiger charge is 2.15. The Morgan fingerprint density at radius 1 is 1.26 bits per heavy atom. The Bertz CT molecular complexity index is 485. The molecular formula is C12H18NO5P. The van der Waals surface area contributed by atoms with Crippen LogP contribution < -0.4 is 5.73 Å². The van der Waals surface area contributed by atoms with E-state index in [4.69, 9.17) is 20.6 Å². The van der Waals surface area contributed by atoms with Crippen molar-refractivity contribution >= 4 is 13.6 Å². The molecule has 19 heavy (non-hydrogen) atoms. The fourth-order valence-electron chi connectivity index (χ4n) is 1.80. The first-order valence-electron chi connectivity index (χ1n) is 5.89. The van der Waals surface area contributed by atoms with Gasteiger partial charge in [-0.25, -0.2) is 0 Å². The van der Waals surface area contributed by atoms with E-state index in [0.717, 1.165) is 11.1 Å². The van der Waals surface area contributed by atoms with E-state index < -0.39 is 19.6 Å².